The molecule has 1 aromatic rings. The molecule has 0 radical (unpaired) electrons. The van der Waals surface area contributed by atoms with Crippen LogP contribution in [0.3, 0.4) is 0 Å². The van der Waals surface area contributed by atoms with Gasteiger partial charge in [-0.05, 0) is 49.8 Å². The molecule has 0 spiro atoms. The summed E-state index contributed by atoms with van der Waals surface area (Å²) in [6.07, 6.45) is 3.90. The first-order valence-electron chi connectivity index (χ1n) is 8.43. The van der Waals surface area contributed by atoms with E-state index in [0.717, 1.165) is 19.3 Å². The Morgan fingerprint density at radius 2 is 1.92 bits per heavy atom. The van der Waals surface area contributed by atoms with Crippen molar-refractivity contribution in [3.05, 3.63) is 34.9 Å². The molecule has 1 aliphatic heterocycles. The summed E-state index contributed by atoms with van der Waals surface area (Å²) >= 11 is 0. The highest BCUT2D eigenvalue weighted by atomic mass is 32.2. The molecule has 1 heterocycles. The molecule has 1 aliphatic carbocycles. The van der Waals surface area contributed by atoms with E-state index in [2.05, 4.69) is 5.32 Å². The van der Waals surface area contributed by atoms with Gasteiger partial charge in [-0.15, -0.1) is 0 Å². The van der Waals surface area contributed by atoms with Gasteiger partial charge in [-0.25, -0.2) is 8.42 Å². The molecule has 1 atom stereocenters. The molecule has 24 heavy (non-hydrogen) atoms. The van der Waals surface area contributed by atoms with Gasteiger partial charge in [-0.1, -0.05) is 12.1 Å². The molecule has 0 bridgehead atoms. The minimum atomic E-state index is -3.06. The van der Waals surface area contributed by atoms with Gasteiger partial charge in [0, 0.05) is 18.4 Å². The number of amides is 1. The zero-order valence-corrected chi connectivity index (χ0v) is 14.7. The van der Waals surface area contributed by atoms with Gasteiger partial charge in [0.1, 0.15) is 0 Å². The fourth-order valence-electron chi connectivity index (χ4n) is 3.62. The van der Waals surface area contributed by atoms with Crippen molar-refractivity contribution in [2.45, 2.75) is 51.0 Å². The Balaban J connectivity index is 1.54. The molecule has 5 nitrogen and oxygen atoms in total. The maximum atomic E-state index is 12.3. The van der Waals surface area contributed by atoms with E-state index in [9.17, 15) is 18.0 Å². The summed E-state index contributed by atoms with van der Waals surface area (Å²) < 4.78 is 23.1. The first-order chi connectivity index (χ1) is 11.3. The fraction of sp³-hybridized carbons (Fsp3) is 0.556. The molecule has 1 N–H and O–H groups in total. The van der Waals surface area contributed by atoms with Gasteiger partial charge < -0.3 is 5.32 Å². The fourth-order valence-corrected chi connectivity index (χ4v) is 5.72. The van der Waals surface area contributed by atoms with Crippen LogP contribution >= 0.6 is 0 Å². The van der Waals surface area contributed by atoms with Gasteiger partial charge in [0.25, 0.3) is 0 Å². The summed E-state index contributed by atoms with van der Waals surface area (Å²) in [5.74, 6) is -0.212. The second-order valence-electron chi connectivity index (χ2n) is 7.21. The third kappa shape index (κ3) is 3.86. The molecular weight excluding hydrogens is 326 g/mol. The minimum absolute atomic E-state index is 0.0233. The molecule has 130 valence electrons. The summed E-state index contributed by atoms with van der Waals surface area (Å²) in [6, 6.07) is 5.81. The number of Topliss-reactive ketones (excluding diaryl/α,β-unsaturated/α-hetero) is 1. The molecule has 3 rings (SSSR count). The normalized spacial score (nSPS) is 24.5. The lowest BCUT2D eigenvalue weighted by molar-refractivity contribution is -0.122. The zero-order chi connectivity index (χ0) is 17.4. The average Bonchev–Trinajstić information content (AvgIpc) is 3.07. The van der Waals surface area contributed by atoms with Crippen molar-refractivity contribution in [3.63, 3.8) is 0 Å². The molecule has 6 heteroatoms. The van der Waals surface area contributed by atoms with Crippen molar-refractivity contribution in [2.75, 3.05) is 11.5 Å². The van der Waals surface area contributed by atoms with Crippen molar-refractivity contribution < 1.29 is 18.0 Å². The van der Waals surface area contributed by atoms with Gasteiger partial charge >= 0.3 is 0 Å². The van der Waals surface area contributed by atoms with Gasteiger partial charge in [0.15, 0.2) is 15.6 Å². The van der Waals surface area contributed by atoms with Crippen LogP contribution in [0.1, 0.15) is 54.1 Å². The number of aryl methyl sites for hydroxylation is 2. The largest absolute Gasteiger partial charge is 0.350 e. The molecule has 0 unspecified atom stereocenters. The van der Waals surface area contributed by atoms with Gasteiger partial charge in [0.2, 0.25) is 5.91 Å². The van der Waals surface area contributed by atoms with Crippen LogP contribution < -0.4 is 5.32 Å². The van der Waals surface area contributed by atoms with E-state index in [4.69, 9.17) is 0 Å². The molecule has 1 saturated heterocycles. The van der Waals surface area contributed by atoms with Crippen LogP contribution in [0.15, 0.2) is 18.2 Å². The van der Waals surface area contributed by atoms with Gasteiger partial charge in [-0.2, -0.15) is 0 Å². The summed E-state index contributed by atoms with van der Waals surface area (Å²) in [4.78, 5) is 24.4. The molecule has 1 aromatic carbocycles. The van der Waals surface area contributed by atoms with E-state index in [-0.39, 0.29) is 36.0 Å². The van der Waals surface area contributed by atoms with Crippen LogP contribution in [0.5, 0.6) is 0 Å². The SMILES string of the molecule is C[C@@]1(NC(=O)CCC(=O)c2ccc3c(c2)CCC3)CCS(=O)(=O)C1. The highest BCUT2D eigenvalue weighted by Crippen LogP contribution is 2.24. The van der Waals surface area contributed by atoms with Crippen LogP contribution in [-0.4, -0.2) is 37.2 Å². The lowest BCUT2D eigenvalue weighted by atomic mass is 9.99. The second-order valence-corrected chi connectivity index (χ2v) is 9.40. The van der Waals surface area contributed by atoms with Crippen molar-refractivity contribution in [3.8, 4) is 0 Å². The van der Waals surface area contributed by atoms with Crippen LogP contribution in [0, 0.1) is 0 Å². The third-order valence-corrected chi connectivity index (χ3v) is 6.85. The number of benzene rings is 1. The second kappa shape index (κ2) is 6.31. The number of ketones is 1. The Bertz CT molecular complexity index is 784. The number of carbonyl (C=O) groups excluding carboxylic acids is 2. The highest BCUT2D eigenvalue weighted by molar-refractivity contribution is 7.91. The lowest BCUT2D eigenvalue weighted by Crippen LogP contribution is -2.46. The molecular formula is C18H23NO4S. The molecule has 1 fully saturated rings. The van der Waals surface area contributed by atoms with Crippen molar-refractivity contribution in [2.24, 2.45) is 0 Å². The maximum absolute atomic E-state index is 12.3. The minimum Gasteiger partial charge on any atom is -0.350 e. The monoisotopic (exact) mass is 349 g/mol. The van der Waals surface area contributed by atoms with E-state index >= 15 is 0 Å². The summed E-state index contributed by atoms with van der Waals surface area (Å²) in [7, 11) is -3.06. The van der Waals surface area contributed by atoms with E-state index in [1.54, 1.807) is 6.92 Å². The van der Waals surface area contributed by atoms with Crippen LogP contribution in [0.2, 0.25) is 0 Å². The molecule has 1 amide bonds. The molecule has 0 saturated carbocycles. The van der Waals surface area contributed by atoms with Crippen LogP contribution in [0.25, 0.3) is 0 Å². The number of hydrogen-bond acceptors (Lipinski definition) is 4. The summed E-state index contributed by atoms with van der Waals surface area (Å²) in [5, 5.41) is 2.79. The lowest BCUT2D eigenvalue weighted by Gasteiger charge is -2.23. The number of carbonyl (C=O) groups is 2. The van der Waals surface area contributed by atoms with Crippen molar-refractivity contribution in [1.29, 1.82) is 0 Å². The van der Waals surface area contributed by atoms with Gasteiger partial charge in [0.05, 0.1) is 17.0 Å². The first-order valence-corrected chi connectivity index (χ1v) is 10.2. The van der Waals surface area contributed by atoms with E-state index in [1.807, 2.05) is 18.2 Å². The van der Waals surface area contributed by atoms with Crippen molar-refractivity contribution in [1.82, 2.24) is 5.32 Å². The quantitative estimate of drug-likeness (QED) is 0.823. The summed E-state index contributed by atoms with van der Waals surface area (Å²) in [6.45, 7) is 1.75. The Kier molecular flexibility index (Phi) is 4.51. The van der Waals surface area contributed by atoms with E-state index in [1.165, 1.54) is 11.1 Å². The predicted molar refractivity (Wildman–Crippen MR) is 91.9 cm³/mol. The van der Waals surface area contributed by atoms with E-state index in [0.29, 0.717) is 12.0 Å². The number of hydrogen-bond donors (Lipinski definition) is 1. The Morgan fingerprint density at radius 1 is 1.17 bits per heavy atom. The number of fused-ring (bicyclic) bond motifs is 1. The summed E-state index contributed by atoms with van der Waals surface area (Å²) in [5.41, 5.74) is 2.53. The smallest absolute Gasteiger partial charge is 0.220 e. The maximum Gasteiger partial charge on any atom is 0.220 e. The van der Waals surface area contributed by atoms with Crippen molar-refractivity contribution >= 4 is 21.5 Å². The van der Waals surface area contributed by atoms with E-state index < -0.39 is 15.4 Å². The predicted octanol–water partition coefficient (Wildman–Crippen LogP) is 1.83. The van der Waals surface area contributed by atoms with Gasteiger partial charge in [-0.3, -0.25) is 9.59 Å². The topological polar surface area (TPSA) is 80.3 Å². The molecule has 0 aromatic heterocycles. The Labute approximate surface area is 142 Å². The third-order valence-electron chi connectivity index (χ3n) is 4.94. The number of sulfone groups is 1. The van der Waals surface area contributed by atoms with Crippen LogP contribution in [-0.2, 0) is 27.5 Å². The zero-order valence-electron chi connectivity index (χ0n) is 13.9. The standard InChI is InChI=1S/C18H23NO4S/c1-18(9-10-24(22,23)12-18)19-17(21)8-7-16(20)15-6-5-13-3-2-4-14(13)11-15/h5-6,11H,2-4,7-10,12H2,1H3,(H,19,21)/t18-/m1/s1. The van der Waals surface area contributed by atoms with Crippen LogP contribution in [0.4, 0.5) is 0 Å². The molecule has 2 aliphatic rings. The number of rotatable bonds is 5. The number of nitrogens with one attached hydrogen (secondary N) is 1. The average molecular weight is 349 g/mol. The highest BCUT2D eigenvalue weighted by Gasteiger charge is 2.39. The first kappa shape index (κ1) is 17.1. The Morgan fingerprint density at radius 3 is 2.62 bits per heavy atom. The Hall–Kier alpha value is -1.69.